The van der Waals surface area contributed by atoms with Crippen molar-refractivity contribution in [2.45, 2.75) is 18.6 Å². The van der Waals surface area contributed by atoms with Gasteiger partial charge in [-0.15, -0.1) is 11.3 Å². The van der Waals surface area contributed by atoms with Crippen LogP contribution in [0.5, 0.6) is 0 Å². The van der Waals surface area contributed by atoms with E-state index in [-0.39, 0.29) is 0 Å². The van der Waals surface area contributed by atoms with Gasteiger partial charge in [-0.1, -0.05) is 11.6 Å². The third-order valence-electron chi connectivity index (χ3n) is 3.40. The first-order valence-electron chi connectivity index (χ1n) is 5.88. The van der Waals surface area contributed by atoms with Crippen molar-refractivity contribution in [1.82, 2.24) is 9.80 Å². The minimum atomic E-state index is -0.397. The largest absolute Gasteiger partial charge is 0.388 e. The number of hydrogen-bond donors (Lipinski definition) is 1. The van der Waals surface area contributed by atoms with E-state index < -0.39 is 6.10 Å². The lowest BCUT2D eigenvalue weighted by atomic mass is 10.0. The second-order valence-corrected chi connectivity index (χ2v) is 6.54. The van der Waals surface area contributed by atoms with Crippen molar-refractivity contribution >= 4 is 22.9 Å². The summed E-state index contributed by atoms with van der Waals surface area (Å²) in [4.78, 5) is 5.62. The van der Waals surface area contributed by atoms with Crippen LogP contribution in [0.1, 0.15) is 17.4 Å². The predicted octanol–water partition coefficient (Wildman–Crippen LogP) is 2.07. The second kappa shape index (κ2) is 5.67. The van der Waals surface area contributed by atoms with Gasteiger partial charge in [-0.25, -0.2) is 0 Å². The van der Waals surface area contributed by atoms with Crippen LogP contribution >= 0.6 is 22.9 Å². The van der Waals surface area contributed by atoms with Crippen LogP contribution in [0, 0.1) is 0 Å². The molecule has 17 heavy (non-hydrogen) atoms. The number of likely N-dealkylation sites (N-methyl/N-ethyl adjacent to an activating group) is 2. The maximum atomic E-state index is 10.2. The highest BCUT2D eigenvalue weighted by molar-refractivity contribution is 7.16. The van der Waals surface area contributed by atoms with Crippen molar-refractivity contribution < 1.29 is 5.11 Å². The lowest BCUT2D eigenvalue weighted by molar-refractivity contribution is 0.0647. The molecule has 5 heteroatoms. The molecule has 1 aromatic heterocycles. The summed E-state index contributed by atoms with van der Waals surface area (Å²) in [5.74, 6) is 0. The van der Waals surface area contributed by atoms with Gasteiger partial charge in [0.1, 0.15) is 0 Å². The Morgan fingerprint density at radius 3 is 2.88 bits per heavy atom. The summed E-state index contributed by atoms with van der Waals surface area (Å²) >= 11 is 7.36. The molecule has 2 rings (SSSR count). The van der Waals surface area contributed by atoms with E-state index in [0.717, 1.165) is 35.3 Å². The minimum absolute atomic E-state index is 0.397. The molecule has 1 aliphatic heterocycles. The van der Waals surface area contributed by atoms with Crippen molar-refractivity contribution in [1.29, 1.82) is 0 Å². The third kappa shape index (κ3) is 3.42. The molecule has 0 aliphatic carbocycles. The summed E-state index contributed by atoms with van der Waals surface area (Å²) in [5, 5.41) is 10.2. The van der Waals surface area contributed by atoms with Crippen LogP contribution in [-0.4, -0.2) is 54.7 Å². The molecule has 1 N–H and O–H groups in total. The first-order valence-corrected chi connectivity index (χ1v) is 7.08. The Bertz CT molecular complexity index is 371. The van der Waals surface area contributed by atoms with E-state index in [1.54, 1.807) is 0 Å². The number of aliphatic hydroxyl groups is 1. The third-order valence-corrected chi connectivity index (χ3v) is 4.73. The molecular weight excluding hydrogens is 256 g/mol. The van der Waals surface area contributed by atoms with E-state index in [0.29, 0.717) is 6.04 Å². The molecule has 2 heterocycles. The number of hydrogen-bond acceptors (Lipinski definition) is 4. The fourth-order valence-electron chi connectivity index (χ4n) is 2.24. The van der Waals surface area contributed by atoms with Crippen LogP contribution in [0.25, 0.3) is 0 Å². The highest BCUT2D eigenvalue weighted by Gasteiger charge is 2.25. The molecule has 1 aliphatic rings. The van der Waals surface area contributed by atoms with E-state index in [9.17, 15) is 5.11 Å². The molecule has 2 unspecified atom stereocenters. The fourth-order valence-corrected chi connectivity index (χ4v) is 3.30. The second-order valence-electron chi connectivity index (χ2n) is 4.79. The first kappa shape index (κ1) is 13.3. The molecule has 3 nitrogen and oxygen atoms in total. The number of aliphatic hydroxyl groups excluding tert-OH is 1. The number of nitrogens with zero attached hydrogens (tertiary/aromatic N) is 2. The van der Waals surface area contributed by atoms with E-state index in [4.69, 9.17) is 11.6 Å². The number of halogens is 1. The monoisotopic (exact) mass is 274 g/mol. The molecule has 0 radical (unpaired) electrons. The number of thiophene rings is 1. The topological polar surface area (TPSA) is 26.7 Å². The maximum Gasteiger partial charge on any atom is 0.0932 e. The Morgan fingerprint density at radius 2 is 2.24 bits per heavy atom. The van der Waals surface area contributed by atoms with Crippen molar-refractivity contribution in [2.24, 2.45) is 0 Å². The quantitative estimate of drug-likeness (QED) is 0.914. The van der Waals surface area contributed by atoms with Crippen molar-refractivity contribution in [3.8, 4) is 0 Å². The molecule has 0 saturated carbocycles. The lowest BCUT2D eigenvalue weighted by Crippen LogP contribution is -2.50. The highest BCUT2D eigenvalue weighted by Crippen LogP contribution is 2.30. The molecule has 1 saturated heterocycles. The Labute approximate surface area is 112 Å². The van der Waals surface area contributed by atoms with Gasteiger partial charge in [0.05, 0.1) is 10.4 Å². The van der Waals surface area contributed by atoms with Crippen LogP contribution < -0.4 is 0 Å². The van der Waals surface area contributed by atoms with E-state index in [1.165, 1.54) is 11.3 Å². The summed E-state index contributed by atoms with van der Waals surface area (Å²) in [5.41, 5.74) is 0. The smallest absolute Gasteiger partial charge is 0.0932 e. The molecule has 1 aromatic rings. The standard InChI is InChI=1S/C12H19ClN2OS/c1-14-5-6-15(2)9(8-14)7-10(16)11-3-4-12(13)17-11/h3-4,9-10,16H,5-8H2,1-2H3. The fraction of sp³-hybridized carbons (Fsp3) is 0.667. The summed E-state index contributed by atoms with van der Waals surface area (Å²) in [6, 6.07) is 4.19. The van der Waals surface area contributed by atoms with Gasteiger partial charge in [0.15, 0.2) is 0 Å². The molecular formula is C12H19ClN2OS. The first-order chi connectivity index (χ1) is 8.06. The SMILES string of the molecule is CN1CCN(C)C(CC(O)c2ccc(Cl)s2)C1. The molecule has 0 aromatic carbocycles. The summed E-state index contributed by atoms with van der Waals surface area (Å²) in [7, 11) is 4.26. The van der Waals surface area contributed by atoms with Crippen LogP contribution in [0.2, 0.25) is 4.34 Å². The molecule has 2 atom stereocenters. The van der Waals surface area contributed by atoms with Crippen LogP contribution in [0.15, 0.2) is 12.1 Å². The van der Waals surface area contributed by atoms with Gasteiger partial charge in [0.2, 0.25) is 0 Å². The Hall–Kier alpha value is -0.130. The lowest BCUT2D eigenvalue weighted by Gasteiger charge is -2.38. The van der Waals surface area contributed by atoms with Gasteiger partial charge >= 0.3 is 0 Å². The highest BCUT2D eigenvalue weighted by atomic mass is 35.5. The zero-order valence-corrected chi connectivity index (χ0v) is 11.8. The molecule has 0 bridgehead atoms. The van der Waals surface area contributed by atoms with Gasteiger partial charge in [-0.05, 0) is 32.6 Å². The molecule has 0 amide bonds. The number of rotatable bonds is 3. The Morgan fingerprint density at radius 1 is 1.47 bits per heavy atom. The summed E-state index contributed by atoms with van der Waals surface area (Å²) in [6.07, 6.45) is 0.379. The van der Waals surface area contributed by atoms with Crippen molar-refractivity contribution in [3.05, 3.63) is 21.3 Å². The Kier molecular flexibility index (Phi) is 4.44. The van der Waals surface area contributed by atoms with Gasteiger partial charge in [-0.3, -0.25) is 0 Å². The van der Waals surface area contributed by atoms with Crippen molar-refractivity contribution in [2.75, 3.05) is 33.7 Å². The zero-order valence-electron chi connectivity index (χ0n) is 10.3. The van der Waals surface area contributed by atoms with Gasteiger partial charge < -0.3 is 14.9 Å². The van der Waals surface area contributed by atoms with Gasteiger partial charge in [-0.2, -0.15) is 0 Å². The molecule has 96 valence electrons. The number of piperazine rings is 1. The van der Waals surface area contributed by atoms with E-state index >= 15 is 0 Å². The maximum absolute atomic E-state index is 10.2. The van der Waals surface area contributed by atoms with Crippen molar-refractivity contribution in [3.63, 3.8) is 0 Å². The summed E-state index contributed by atoms with van der Waals surface area (Å²) < 4.78 is 0.744. The Balaban J connectivity index is 1.95. The van der Waals surface area contributed by atoms with E-state index in [1.807, 2.05) is 12.1 Å². The van der Waals surface area contributed by atoms with Gasteiger partial charge in [0, 0.05) is 30.6 Å². The normalized spacial score (nSPS) is 25.1. The average molecular weight is 275 g/mol. The minimum Gasteiger partial charge on any atom is -0.388 e. The molecule has 1 fully saturated rings. The summed E-state index contributed by atoms with van der Waals surface area (Å²) in [6.45, 7) is 3.19. The van der Waals surface area contributed by atoms with Gasteiger partial charge in [0.25, 0.3) is 0 Å². The predicted molar refractivity (Wildman–Crippen MR) is 72.8 cm³/mol. The average Bonchev–Trinajstić information content (AvgIpc) is 2.70. The zero-order chi connectivity index (χ0) is 12.4. The van der Waals surface area contributed by atoms with Crippen LogP contribution in [0.4, 0.5) is 0 Å². The van der Waals surface area contributed by atoms with Crippen LogP contribution in [0.3, 0.4) is 0 Å². The van der Waals surface area contributed by atoms with E-state index in [2.05, 4.69) is 23.9 Å². The van der Waals surface area contributed by atoms with Crippen LogP contribution in [-0.2, 0) is 0 Å². The molecule has 0 spiro atoms.